The molecule has 3 nitrogen and oxygen atoms in total. The van der Waals surface area contributed by atoms with Crippen molar-refractivity contribution >= 4 is 24.4 Å². The number of fused-ring (bicyclic) bond motifs is 1. The maximum atomic E-state index is 6.36. The summed E-state index contributed by atoms with van der Waals surface area (Å²) in [6.45, 7) is 4.63. The Balaban J connectivity index is 1.86. The number of ether oxygens (including phenoxy) is 1. The van der Waals surface area contributed by atoms with Crippen molar-refractivity contribution in [1.29, 1.82) is 0 Å². The van der Waals surface area contributed by atoms with Crippen molar-refractivity contribution in [2.24, 2.45) is 11.8 Å². The molecular weight excluding hydrogens is 605 g/mol. The molecule has 0 aromatic heterocycles. The van der Waals surface area contributed by atoms with E-state index in [-0.39, 0.29) is 41.9 Å². The second-order valence-corrected chi connectivity index (χ2v) is 14.8. The first kappa shape index (κ1) is 18.6. The molecule has 3 atom stereocenters. The Morgan fingerprint density at radius 2 is 2.24 bits per heavy atom. The maximum absolute atomic E-state index is 6.36. The van der Waals surface area contributed by atoms with Crippen LogP contribution < -0.4 is 48.0 Å². The Bertz CT molecular complexity index is 460. The molecule has 0 aromatic rings. The fraction of sp³-hybridized carbons (Fsp3) is 0.667. The van der Waals surface area contributed by atoms with Crippen molar-refractivity contribution in [3.05, 3.63) is 22.1 Å². The van der Waals surface area contributed by atoms with Crippen LogP contribution in [0, 0.1) is 11.8 Å². The van der Waals surface area contributed by atoms with Crippen molar-refractivity contribution in [1.82, 2.24) is 0 Å². The van der Waals surface area contributed by atoms with Crippen molar-refractivity contribution in [3.63, 3.8) is 0 Å². The molecule has 0 saturated heterocycles. The number of hydrogen-bond acceptors (Lipinski definition) is 1. The first-order chi connectivity index (χ1) is 9.93. The molecule has 0 radical (unpaired) electrons. The quantitative estimate of drug-likeness (QED) is 0.136. The first-order valence-electron chi connectivity index (χ1n) is 7.19. The molecular formula is C15H27I3N2O. The molecule has 0 amide bonds. The zero-order chi connectivity index (χ0) is 15.5. The molecule has 0 bridgehead atoms. The number of alkyl halides is 3. The topological polar surface area (TPSA) is 25.8 Å². The Morgan fingerprint density at radius 3 is 2.95 bits per heavy atom. The second-order valence-electron chi connectivity index (χ2n) is 6.02. The van der Waals surface area contributed by atoms with E-state index in [4.69, 9.17) is 4.74 Å². The SMILES string of the molecule is C[I-][N+](C)(C)C[I-]CC(C)C1=C[NH2+]C2=IC=CC(C)C2O1. The van der Waals surface area contributed by atoms with Crippen molar-refractivity contribution in [2.75, 3.05) is 28.0 Å². The average Bonchev–Trinajstić information content (AvgIpc) is 2.47. The summed E-state index contributed by atoms with van der Waals surface area (Å²) in [5, 5.41) is 2.36. The van der Waals surface area contributed by atoms with Gasteiger partial charge in [0.05, 0.1) is 0 Å². The van der Waals surface area contributed by atoms with Gasteiger partial charge in [0.2, 0.25) is 0 Å². The third kappa shape index (κ3) is 5.39. The van der Waals surface area contributed by atoms with E-state index < -0.39 is 0 Å². The second kappa shape index (κ2) is 8.39. The van der Waals surface area contributed by atoms with E-state index >= 15 is 0 Å². The van der Waals surface area contributed by atoms with E-state index in [1.165, 1.54) is 17.4 Å². The summed E-state index contributed by atoms with van der Waals surface area (Å²) in [5.74, 6) is 2.38. The molecule has 2 aliphatic heterocycles. The molecule has 0 fully saturated rings. The number of rotatable bonds is 6. The van der Waals surface area contributed by atoms with Gasteiger partial charge >= 0.3 is 162 Å². The van der Waals surface area contributed by atoms with E-state index in [0.29, 0.717) is 39.4 Å². The van der Waals surface area contributed by atoms with Gasteiger partial charge in [-0.2, -0.15) is 0 Å². The van der Waals surface area contributed by atoms with E-state index in [2.05, 4.69) is 54.5 Å². The molecule has 2 heterocycles. The van der Waals surface area contributed by atoms with Gasteiger partial charge in [-0.05, 0) is 0 Å². The fourth-order valence-electron chi connectivity index (χ4n) is 2.10. The molecule has 2 aliphatic rings. The number of halogens is 3. The minimum absolute atomic E-state index is 0.0762. The summed E-state index contributed by atoms with van der Waals surface area (Å²) in [4.78, 5) is 2.40. The summed E-state index contributed by atoms with van der Waals surface area (Å²) < 4.78 is 14.3. The number of nitrogens with zero attached hydrogens (tertiary/aromatic N) is 1. The zero-order valence-corrected chi connectivity index (χ0v) is 19.9. The van der Waals surface area contributed by atoms with Crippen LogP contribution in [0.1, 0.15) is 13.8 Å². The van der Waals surface area contributed by atoms with Crippen LogP contribution in [0.2, 0.25) is 0 Å². The van der Waals surface area contributed by atoms with Crippen LogP contribution in [-0.4, -0.2) is 40.4 Å². The van der Waals surface area contributed by atoms with Crippen LogP contribution in [-0.2, 0) is 4.74 Å². The van der Waals surface area contributed by atoms with Gasteiger partial charge in [-0.3, -0.25) is 0 Å². The van der Waals surface area contributed by atoms with Gasteiger partial charge in [0.1, 0.15) is 0 Å². The predicted molar refractivity (Wildman–Crippen MR) is 89.1 cm³/mol. The normalized spacial score (nSPS) is 27.3. The Kier molecular flexibility index (Phi) is 7.43. The molecule has 21 heavy (non-hydrogen) atoms. The summed E-state index contributed by atoms with van der Waals surface area (Å²) >= 11 is 0.659. The Labute approximate surface area is 160 Å². The number of quaternary nitrogens is 2. The van der Waals surface area contributed by atoms with Crippen LogP contribution in [0.3, 0.4) is 0 Å². The fourth-order valence-corrected chi connectivity index (χ4v) is 10.8. The molecule has 2 rings (SSSR count). The van der Waals surface area contributed by atoms with Crippen LogP contribution in [0.5, 0.6) is 0 Å². The van der Waals surface area contributed by atoms with Crippen LogP contribution in [0.4, 0.5) is 0 Å². The molecule has 0 aromatic carbocycles. The summed E-state index contributed by atoms with van der Waals surface area (Å²) in [5.41, 5.74) is 0. The molecule has 0 spiro atoms. The Morgan fingerprint density at radius 1 is 1.48 bits per heavy atom. The minimum atomic E-state index is 0.0762. The van der Waals surface area contributed by atoms with E-state index in [1.807, 2.05) is 0 Å². The summed E-state index contributed by atoms with van der Waals surface area (Å²) in [6, 6.07) is 0. The molecule has 2 N–H and O–H groups in total. The number of allylic oxidation sites excluding steroid dienone is 1. The van der Waals surface area contributed by atoms with Crippen LogP contribution >= 0.6 is 20.7 Å². The standard InChI is InChI=1S/C15H26I3N2O/c1-11-6-7-18-15-14(11)21-13(9-19-15)12(2)8-17-10-20(4,5)16-3/h6-7,9,11-12,14,19H,8,10H2,1-5H3/q-1/p+1. The summed E-state index contributed by atoms with van der Waals surface area (Å²) in [7, 11) is 4.78. The van der Waals surface area contributed by atoms with Gasteiger partial charge in [0.25, 0.3) is 0 Å². The van der Waals surface area contributed by atoms with Gasteiger partial charge in [0.15, 0.2) is 0 Å². The van der Waals surface area contributed by atoms with Gasteiger partial charge in [-0.25, -0.2) is 0 Å². The molecule has 0 aliphatic carbocycles. The van der Waals surface area contributed by atoms with Gasteiger partial charge in [-0.1, -0.05) is 0 Å². The van der Waals surface area contributed by atoms with Crippen molar-refractivity contribution < 1.29 is 55.4 Å². The van der Waals surface area contributed by atoms with Gasteiger partial charge < -0.3 is 0 Å². The number of hydrogen-bond donors (Lipinski definition) is 1. The third-order valence-corrected chi connectivity index (χ3v) is 14.5. The molecule has 3 unspecified atom stereocenters. The van der Waals surface area contributed by atoms with E-state index in [1.54, 1.807) is 3.63 Å². The molecule has 124 valence electrons. The predicted octanol–water partition coefficient (Wildman–Crippen LogP) is -4.55. The van der Waals surface area contributed by atoms with E-state index in [9.17, 15) is 0 Å². The van der Waals surface area contributed by atoms with Crippen molar-refractivity contribution in [3.8, 4) is 0 Å². The van der Waals surface area contributed by atoms with Crippen molar-refractivity contribution in [2.45, 2.75) is 20.0 Å². The van der Waals surface area contributed by atoms with Crippen LogP contribution in [0.25, 0.3) is 0 Å². The number of nitrogens with two attached hydrogens (primary N) is 1. The Hall–Kier alpha value is 1.26. The van der Waals surface area contributed by atoms with Gasteiger partial charge in [-0.15, -0.1) is 0 Å². The zero-order valence-electron chi connectivity index (χ0n) is 13.4. The first-order valence-corrected chi connectivity index (χ1v) is 15.7. The third-order valence-electron chi connectivity index (χ3n) is 3.64. The summed E-state index contributed by atoms with van der Waals surface area (Å²) in [6.07, 6.45) is 4.96. The molecule has 0 saturated carbocycles. The molecule has 6 heteroatoms. The average molecular weight is 632 g/mol. The van der Waals surface area contributed by atoms with Gasteiger partial charge in [0, 0.05) is 0 Å². The monoisotopic (exact) mass is 632 g/mol. The van der Waals surface area contributed by atoms with Crippen LogP contribution in [0.15, 0.2) is 22.1 Å². The van der Waals surface area contributed by atoms with E-state index in [0.717, 1.165) is 0 Å².